The topological polar surface area (TPSA) is 0 Å². The van der Waals surface area contributed by atoms with E-state index in [-0.39, 0.29) is 3.92 Å². The second kappa shape index (κ2) is 3.78. The number of hydrogen-bond donors (Lipinski definition) is 0. The molecule has 0 aromatic heterocycles. The van der Waals surface area contributed by atoms with Gasteiger partial charge >= 0.3 is 69.2 Å². The zero-order chi connectivity index (χ0) is 8.36. The summed E-state index contributed by atoms with van der Waals surface area (Å²) in [6, 6.07) is 0. The minimum absolute atomic E-state index is 0.232. The molecule has 0 N–H and O–H groups in total. The molecular formula is C6H11F3I-. The van der Waals surface area contributed by atoms with E-state index in [1.165, 1.54) is 6.92 Å². The van der Waals surface area contributed by atoms with Crippen LogP contribution >= 0.6 is 0 Å². The molecule has 10 heavy (non-hydrogen) atoms. The monoisotopic (exact) mass is 267 g/mol. The molecule has 0 aromatic carbocycles. The predicted octanol–water partition coefficient (Wildman–Crippen LogP) is -0.565. The molecule has 0 saturated heterocycles. The molecule has 0 fully saturated rings. The van der Waals surface area contributed by atoms with Crippen molar-refractivity contribution in [1.82, 2.24) is 0 Å². The predicted molar refractivity (Wildman–Crippen MR) is 30.7 cm³/mol. The van der Waals surface area contributed by atoms with Crippen molar-refractivity contribution in [2.24, 2.45) is 0 Å². The van der Waals surface area contributed by atoms with E-state index in [1.54, 1.807) is 0 Å². The first-order chi connectivity index (χ1) is 4.34. The van der Waals surface area contributed by atoms with Crippen LogP contribution in [0.25, 0.3) is 0 Å². The van der Waals surface area contributed by atoms with Gasteiger partial charge in [-0.15, -0.1) is 0 Å². The molecule has 0 spiro atoms. The molecule has 0 radical (unpaired) electrons. The first kappa shape index (κ1) is 10.5. The normalized spacial score (nSPS) is 16.3. The fraction of sp³-hybridized carbons (Fsp3) is 1.00. The molecule has 4 heteroatoms. The van der Waals surface area contributed by atoms with Crippen molar-refractivity contribution < 1.29 is 34.4 Å². The van der Waals surface area contributed by atoms with Crippen LogP contribution in [0.5, 0.6) is 0 Å². The summed E-state index contributed by atoms with van der Waals surface area (Å²) in [5, 5.41) is 0. The summed E-state index contributed by atoms with van der Waals surface area (Å²) in [5.41, 5.74) is 0. The van der Waals surface area contributed by atoms with Gasteiger partial charge in [-0.05, 0) is 0 Å². The van der Waals surface area contributed by atoms with Gasteiger partial charge in [-0.3, -0.25) is 0 Å². The van der Waals surface area contributed by atoms with Gasteiger partial charge in [0.1, 0.15) is 0 Å². The average Bonchev–Trinajstić information content (AvgIpc) is 1.60. The van der Waals surface area contributed by atoms with E-state index < -0.39 is 31.3 Å². The maximum atomic E-state index is 11.8. The van der Waals surface area contributed by atoms with E-state index in [2.05, 4.69) is 0 Å². The summed E-state index contributed by atoms with van der Waals surface area (Å²) >= 11 is -0.712. The van der Waals surface area contributed by atoms with Gasteiger partial charge < -0.3 is 0 Å². The Morgan fingerprint density at radius 3 is 1.60 bits per heavy atom. The van der Waals surface area contributed by atoms with Gasteiger partial charge in [0.2, 0.25) is 0 Å². The summed E-state index contributed by atoms with van der Waals surface area (Å²) in [6.07, 6.45) is -3.96. The van der Waals surface area contributed by atoms with Crippen LogP contribution in [0.2, 0.25) is 0 Å². The fourth-order valence-electron chi connectivity index (χ4n) is 0.449. The number of rotatable bonds is 2. The molecule has 0 aliphatic heterocycles. The van der Waals surface area contributed by atoms with Crippen molar-refractivity contribution in [2.75, 3.05) is 0 Å². The third-order valence-electron chi connectivity index (χ3n) is 0.892. The van der Waals surface area contributed by atoms with Crippen molar-refractivity contribution in [3.63, 3.8) is 0 Å². The standard InChI is InChI=1S/C6H11F3I/c1-4(2)10-5(3)6(7,8)9/h4-5H,1-3H3/q-1. The number of halogens is 4. The molecule has 0 heterocycles. The zero-order valence-electron chi connectivity index (χ0n) is 6.17. The van der Waals surface area contributed by atoms with Gasteiger partial charge in [-0.25, -0.2) is 0 Å². The van der Waals surface area contributed by atoms with Gasteiger partial charge in [0.25, 0.3) is 0 Å². The summed E-state index contributed by atoms with van der Waals surface area (Å²) in [4.78, 5) is 0. The Hall–Kier alpha value is 0.520. The summed E-state index contributed by atoms with van der Waals surface area (Å²) in [5.74, 6) is 0. The molecule has 0 aliphatic rings. The van der Waals surface area contributed by atoms with Crippen molar-refractivity contribution in [2.45, 2.75) is 34.8 Å². The van der Waals surface area contributed by atoms with E-state index in [0.29, 0.717) is 0 Å². The van der Waals surface area contributed by atoms with Gasteiger partial charge in [0, 0.05) is 0 Å². The van der Waals surface area contributed by atoms with Gasteiger partial charge in [-0.1, -0.05) is 0 Å². The number of alkyl halides is 5. The Morgan fingerprint density at radius 2 is 1.50 bits per heavy atom. The molecule has 64 valence electrons. The van der Waals surface area contributed by atoms with Crippen LogP contribution in [-0.4, -0.2) is 14.0 Å². The van der Waals surface area contributed by atoms with Crippen molar-refractivity contribution in [3.05, 3.63) is 0 Å². The van der Waals surface area contributed by atoms with Crippen LogP contribution in [0.1, 0.15) is 20.8 Å². The van der Waals surface area contributed by atoms with Gasteiger partial charge in [0.15, 0.2) is 0 Å². The van der Waals surface area contributed by atoms with E-state index in [1.807, 2.05) is 13.8 Å². The van der Waals surface area contributed by atoms with E-state index in [9.17, 15) is 13.2 Å². The Morgan fingerprint density at radius 1 is 1.10 bits per heavy atom. The SMILES string of the molecule is CC(C)[I-]C(C)C(F)(F)F. The average molecular weight is 267 g/mol. The van der Waals surface area contributed by atoms with Crippen LogP contribution in [0.15, 0.2) is 0 Å². The summed E-state index contributed by atoms with van der Waals surface area (Å²) in [7, 11) is 0. The minimum atomic E-state index is -3.96. The third-order valence-corrected chi connectivity index (χ3v) is 4.12. The molecule has 0 rings (SSSR count). The molecule has 0 aliphatic carbocycles. The number of hydrogen-bond acceptors (Lipinski definition) is 0. The Labute approximate surface area is 69.4 Å². The Bertz CT molecular complexity index is 97.7. The summed E-state index contributed by atoms with van der Waals surface area (Å²) in [6.45, 7) is 4.96. The van der Waals surface area contributed by atoms with E-state index in [0.717, 1.165) is 0 Å². The van der Waals surface area contributed by atoms with Crippen LogP contribution in [0.3, 0.4) is 0 Å². The molecule has 0 saturated carbocycles. The van der Waals surface area contributed by atoms with Crippen LogP contribution < -0.4 is 21.2 Å². The maximum absolute atomic E-state index is 11.8. The molecule has 0 aromatic rings. The van der Waals surface area contributed by atoms with Crippen LogP contribution in [0.4, 0.5) is 13.2 Å². The third kappa shape index (κ3) is 4.35. The molecule has 0 nitrogen and oxygen atoms in total. The van der Waals surface area contributed by atoms with Crippen LogP contribution in [0, 0.1) is 0 Å². The molecule has 0 bridgehead atoms. The van der Waals surface area contributed by atoms with Crippen molar-refractivity contribution in [3.8, 4) is 0 Å². The van der Waals surface area contributed by atoms with Crippen LogP contribution in [-0.2, 0) is 0 Å². The van der Waals surface area contributed by atoms with E-state index >= 15 is 0 Å². The zero-order valence-corrected chi connectivity index (χ0v) is 8.32. The Balaban J connectivity index is 3.73. The first-order valence-corrected chi connectivity index (χ1v) is 5.52. The molecule has 1 unspecified atom stereocenters. The molecule has 1 atom stereocenters. The second-order valence-corrected chi connectivity index (χ2v) is 7.38. The van der Waals surface area contributed by atoms with Gasteiger partial charge in [-0.2, -0.15) is 0 Å². The molecule has 0 amide bonds. The Kier molecular flexibility index (Phi) is 3.98. The van der Waals surface area contributed by atoms with Crippen molar-refractivity contribution >= 4 is 0 Å². The van der Waals surface area contributed by atoms with E-state index in [4.69, 9.17) is 0 Å². The fourth-order valence-corrected chi connectivity index (χ4v) is 3.01. The first-order valence-electron chi connectivity index (χ1n) is 3.02. The van der Waals surface area contributed by atoms with Crippen molar-refractivity contribution in [1.29, 1.82) is 0 Å². The second-order valence-electron chi connectivity index (χ2n) is 2.30. The molecular weight excluding hydrogens is 256 g/mol. The summed E-state index contributed by atoms with van der Waals surface area (Å²) < 4.78 is 34.7. The quantitative estimate of drug-likeness (QED) is 0.464. The van der Waals surface area contributed by atoms with Gasteiger partial charge in [0.05, 0.1) is 0 Å².